The van der Waals surface area contributed by atoms with Crippen molar-refractivity contribution in [2.75, 3.05) is 0 Å². The first-order chi connectivity index (χ1) is 13.4. The summed E-state index contributed by atoms with van der Waals surface area (Å²) in [6, 6.07) is 26.8. The number of para-hydroxylation sites is 1. The van der Waals surface area contributed by atoms with Crippen LogP contribution in [0.3, 0.4) is 0 Å². The number of nitrogens with zero attached hydrogens (tertiary/aromatic N) is 2. The van der Waals surface area contributed by atoms with Gasteiger partial charge in [-0.2, -0.15) is 0 Å². The highest BCUT2D eigenvalue weighted by Crippen LogP contribution is 2.35. The molecule has 3 nitrogen and oxygen atoms in total. The second-order valence-electron chi connectivity index (χ2n) is 6.68. The van der Waals surface area contributed by atoms with Crippen molar-refractivity contribution in [2.45, 2.75) is 0 Å². The number of pyridine rings is 2. The Morgan fingerprint density at radius 3 is 2.44 bits per heavy atom. The number of furan rings is 1. The molecular formula is C24H14N2O. The third-order valence-electron chi connectivity index (χ3n) is 5.13. The molecular weight excluding hydrogens is 332 g/mol. The summed E-state index contributed by atoms with van der Waals surface area (Å²) in [4.78, 5) is 9.57. The summed E-state index contributed by atoms with van der Waals surface area (Å²) < 4.78 is 5.99. The van der Waals surface area contributed by atoms with Crippen LogP contribution in [0.2, 0.25) is 0 Å². The summed E-state index contributed by atoms with van der Waals surface area (Å²) in [5.41, 5.74) is 4.38. The average molecular weight is 346 g/mol. The summed E-state index contributed by atoms with van der Waals surface area (Å²) in [5.74, 6) is 0. The molecule has 0 spiro atoms. The minimum atomic E-state index is 0.835. The monoisotopic (exact) mass is 346 g/mol. The van der Waals surface area contributed by atoms with E-state index in [2.05, 4.69) is 59.6 Å². The Labute approximate surface area is 154 Å². The zero-order valence-corrected chi connectivity index (χ0v) is 14.4. The molecule has 0 unspecified atom stereocenters. The normalized spacial score (nSPS) is 11.7. The average Bonchev–Trinajstić information content (AvgIpc) is 3.12. The number of rotatable bonds is 1. The minimum absolute atomic E-state index is 0.835. The third-order valence-corrected chi connectivity index (χ3v) is 5.13. The second kappa shape index (κ2) is 5.39. The van der Waals surface area contributed by atoms with Crippen molar-refractivity contribution in [3.8, 4) is 11.4 Å². The summed E-state index contributed by atoms with van der Waals surface area (Å²) in [5, 5.41) is 5.67. The van der Waals surface area contributed by atoms with Gasteiger partial charge in [-0.1, -0.05) is 48.5 Å². The van der Waals surface area contributed by atoms with Crippen LogP contribution in [0.25, 0.3) is 55.0 Å². The van der Waals surface area contributed by atoms with Gasteiger partial charge in [0.2, 0.25) is 0 Å². The highest BCUT2D eigenvalue weighted by atomic mass is 16.3. The molecule has 0 bridgehead atoms. The zero-order valence-electron chi connectivity index (χ0n) is 14.4. The first-order valence-corrected chi connectivity index (χ1v) is 8.94. The number of fused-ring (bicyclic) bond motifs is 6. The van der Waals surface area contributed by atoms with Gasteiger partial charge < -0.3 is 4.42 Å². The molecule has 6 rings (SSSR count). The van der Waals surface area contributed by atoms with Crippen molar-refractivity contribution in [3.63, 3.8) is 0 Å². The smallest absolute Gasteiger partial charge is 0.139 e. The zero-order chi connectivity index (χ0) is 17.8. The maximum Gasteiger partial charge on any atom is 0.139 e. The van der Waals surface area contributed by atoms with Crippen LogP contribution in [-0.2, 0) is 0 Å². The van der Waals surface area contributed by atoms with Gasteiger partial charge in [0.1, 0.15) is 16.9 Å². The molecule has 27 heavy (non-hydrogen) atoms. The molecule has 3 heteroatoms. The fraction of sp³-hybridized carbons (Fsp3) is 0. The van der Waals surface area contributed by atoms with Crippen LogP contribution in [0.4, 0.5) is 0 Å². The van der Waals surface area contributed by atoms with Crippen molar-refractivity contribution >= 4 is 43.6 Å². The summed E-state index contributed by atoms with van der Waals surface area (Å²) in [7, 11) is 0. The molecule has 3 aromatic carbocycles. The Balaban J connectivity index is 1.67. The van der Waals surface area contributed by atoms with Crippen molar-refractivity contribution in [3.05, 3.63) is 85.1 Å². The Morgan fingerprint density at radius 2 is 1.48 bits per heavy atom. The van der Waals surface area contributed by atoms with E-state index in [1.807, 2.05) is 24.3 Å². The van der Waals surface area contributed by atoms with Crippen LogP contribution in [0.5, 0.6) is 0 Å². The van der Waals surface area contributed by atoms with Gasteiger partial charge in [-0.3, -0.25) is 4.98 Å². The SMILES string of the molecule is c1ccc2c(c1)ccc1nc(-c3nccc4oc5ccccc5c34)ccc12. The summed E-state index contributed by atoms with van der Waals surface area (Å²) in [6.45, 7) is 0. The Morgan fingerprint density at radius 1 is 0.630 bits per heavy atom. The van der Waals surface area contributed by atoms with Gasteiger partial charge >= 0.3 is 0 Å². The first-order valence-electron chi connectivity index (χ1n) is 8.94. The van der Waals surface area contributed by atoms with E-state index < -0.39 is 0 Å². The maximum atomic E-state index is 5.99. The molecule has 0 aliphatic heterocycles. The molecule has 0 aliphatic carbocycles. The van der Waals surface area contributed by atoms with E-state index in [0.29, 0.717) is 0 Å². The third kappa shape index (κ3) is 2.09. The Kier molecular flexibility index (Phi) is 2.88. The van der Waals surface area contributed by atoms with E-state index in [4.69, 9.17) is 9.40 Å². The summed E-state index contributed by atoms with van der Waals surface area (Å²) >= 11 is 0. The van der Waals surface area contributed by atoms with Crippen molar-refractivity contribution < 1.29 is 4.42 Å². The molecule has 0 atom stereocenters. The van der Waals surface area contributed by atoms with Crippen LogP contribution < -0.4 is 0 Å². The standard InChI is InChI=1S/C24H14N2O/c1-2-6-16-15(5-1)9-11-19-17(16)10-12-20(26-19)24-23-18-7-3-4-8-21(18)27-22(23)13-14-25-24/h1-14H. The molecule has 0 fully saturated rings. The van der Waals surface area contributed by atoms with Crippen molar-refractivity contribution in [1.29, 1.82) is 0 Å². The van der Waals surface area contributed by atoms with Gasteiger partial charge in [0.25, 0.3) is 0 Å². The highest BCUT2D eigenvalue weighted by Gasteiger charge is 2.14. The van der Waals surface area contributed by atoms with Crippen molar-refractivity contribution in [2.24, 2.45) is 0 Å². The second-order valence-corrected chi connectivity index (χ2v) is 6.68. The number of hydrogen-bond acceptors (Lipinski definition) is 3. The van der Waals surface area contributed by atoms with Gasteiger partial charge in [-0.05, 0) is 41.1 Å². The van der Waals surface area contributed by atoms with Crippen molar-refractivity contribution in [1.82, 2.24) is 9.97 Å². The fourth-order valence-electron chi connectivity index (χ4n) is 3.88. The largest absolute Gasteiger partial charge is 0.456 e. The Bertz CT molecular complexity index is 1480. The number of aromatic nitrogens is 2. The molecule has 126 valence electrons. The van der Waals surface area contributed by atoms with E-state index in [0.717, 1.165) is 44.2 Å². The number of benzene rings is 3. The molecule has 3 aromatic heterocycles. The highest BCUT2D eigenvalue weighted by molar-refractivity contribution is 6.12. The molecule has 0 amide bonds. The maximum absolute atomic E-state index is 5.99. The van der Waals surface area contributed by atoms with Gasteiger partial charge in [-0.25, -0.2) is 4.98 Å². The lowest BCUT2D eigenvalue weighted by Gasteiger charge is -2.06. The predicted octanol–water partition coefficient (Wildman–Crippen LogP) is 6.35. The van der Waals surface area contributed by atoms with E-state index in [9.17, 15) is 0 Å². The van der Waals surface area contributed by atoms with Gasteiger partial charge in [0, 0.05) is 17.0 Å². The lowest BCUT2D eigenvalue weighted by molar-refractivity contribution is 0.668. The van der Waals surface area contributed by atoms with Crippen LogP contribution in [0.1, 0.15) is 0 Å². The van der Waals surface area contributed by atoms with E-state index in [1.165, 1.54) is 10.8 Å². The van der Waals surface area contributed by atoms with Crippen LogP contribution >= 0.6 is 0 Å². The van der Waals surface area contributed by atoms with Gasteiger partial charge in [-0.15, -0.1) is 0 Å². The molecule has 6 aromatic rings. The molecule has 0 saturated heterocycles. The van der Waals surface area contributed by atoms with E-state index in [-0.39, 0.29) is 0 Å². The molecule has 0 saturated carbocycles. The number of hydrogen-bond donors (Lipinski definition) is 0. The predicted molar refractivity (Wildman–Crippen MR) is 110 cm³/mol. The fourth-order valence-corrected chi connectivity index (χ4v) is 3.88. The molecule has 0 radical (unpaired) electrons. The van der Waals surface area contributed by atoms with Crippen LogP contribution in [0.15, 0.2) is 89.5 Å². The van der Waals surface area contributed by atoms with Crippen LogP contribution in [0, 0.1) is 0 Å². The topological polar surface area (TPSA) is 38.9 Å². The lowest BCUT2D eigenvalue weighted by atomic mass is 10.0. The lowest BCUT2D eigenvalue weighted by Crippen LogP contribution is -1.90. The summed E-state index contributed by atoms with van der Waals surface area (Å²) in [6.07, 6.45) is 1.78. The van der Waals surface area contributed by atoms with Crippen LogP contribution in [-0.4, -0.2) is 9.97 Å². The van der Waals surface area contributed by atoms with Gasteiger partial charge in [0.05, 0.1) is 16.6 Å². The van der Waals surface area contributed by atoms with E-state index >= 15 is 0 Å². The molecule has 0 aliphatic rings. The molecule has 0 N–H and O–H groups in total. The van der Waals surface area contributed by atoms with E-state index in [1.54, 1.807) is 6.20 Å². The quantitative estimate of drug-likeness (QED) is 0.326. The van der Waals surface area contributed by atoms with Gasteiger partial charge in [0.15, 0.2) is 0 Å². The minimum Gasteiger partial charge on any atom is -0.456 e. The first kappa shape index (κ1) is 14.4. The molecule has 3 heterocycles. The Hall–Kier alpha value is -3.72.